The van der Waals surface area contributed by atoms with Gasteiger partial charge in [-0.2, -0.15) is 0 Å². The Morgan fingerprint density at radius 1 is 0.524 bits per heavy atom. The van der Waals surface area contributed by atoms with Gasteiger partial charge in [0.15, 0.2) is 5.78 Å². The van der Waals surface area contributed by atoms with Crippen LogP contribution in [0.15, 0.2) is 0 Å². The molecule has 0 aliphatic heterocycles. The van der Waals surface area contributed by atoms with Gasteiger partial charge in [0.25, 0.3) is 0 Å². The molecule has 0 fully saturated rings. The first-order valence-corrected chi connectivity index (χ1v) is 17.0. The number of rotatable bonds is 26. The largest absolute Gasteiger partial charge is 0.356 e. The summed E-state index contributed by atoms with van der Waals surface area (Å²) >= 11 is 0. The van der Waals surface area contributed by atoms with E-state index >= 15 is 0 Å². The molecule has 0 heterocycles. The second-order valence-corrected chi connectivity index (χ2v) is 13.5. The number of carbonyl (C=O) groups is 4. The number of ketones is 1. The number of hydrogen-bond acceptors (Lipinski definition) is 5. The second kappa shape index (κ2) is 24.5. The summed E-state index contributed by atoms with van der Waals surface area (Å²) in [5.41, 5.74) is 0. The lowest BCUT2D eigenvalue weighted by atomic mass is 9.96. The van der Waals surface area contributed by atoms with Gasteiger partial charge in [0.2, 0.25) is 17.7 Å². The van der Waals surface area contributed by atoms with Crippen molar-refractivity contribution in [2.75, 3.05) is 13.1 Å². The third-order valence-corrected chi connectivity index (χ3v) is 7.47. The fourth-order valence-electron chi connectivity index (χ4n) is 4.83. The highest BCUT2D eigenvalue weighted by molar-refractivity contribution is 5.93. The zero-order valence-corrected chi connectivity index (χ0v) is 28.4. The quantitative estimate of drug-likeness (QED) is 0.0908. The number of nitrogens with one attached hydrogen (secondary N) is 4. The number of hydrogen-bond donors (Lipinski definition) is 4. The summed E-state index contributed by atoms with van der Waals surface area (Å²) in [5, 5.41) is 12.3. The third kappa shape index (κ3) is 22.6. The number of unbranched alkanes of at least 4 members (excludes halogenated alkanes) is 4. The van der Waals surface area contributed by atoms with Gasteiger partial charge in [0, 0.05) is 31.3 Å². The summed E-state index contributed by atoms with van der Waals surface area (Å²) in [4.78, 5) is 51.3. The zero-order chi connectivity index (χ0) is 31.9. The van der Waals surface area contributed by atoms with Crippen LogP contribution in [0.1, 0.15) is 145 Å². The van der Waals surface area contributed by atoms with Gasteiger partial charge in [-0.3, -0.25) is 19.2 Å². The van der Waals surface area contributed by atoms with Gasteiger partial charge in [-0.15, -0.1) is 0 Å². The van der Waals surface area contributed by atoms with Gasteiger partial charge in [-0.25, -0.2) is 0 Å². The lowest BCUT2D eigenvalue weighted by Crippen LogP contribution is -2.52. The fourth-order valence-corrected chi connectivity index (χ4v) is 4.83. The smallest absolute Gasteiger partial charge is 0.243 e. The minimum Gasteiger partial charge on any atom is -0.356 e. The Morgan fingerprint density at radius 2 is 1.02 bits per heavy atom. The molecule has 3 amide bonds. The summed E-state index contributed by atoms with van der Waals surface area (Å²) in [6.45, 7) is 18.1. The molecule has 2 atom stereocenters. The Hall–Kier alpha value is -1.96. The van der Waals surface area contributed by atoms with Gasteiger partial charge in [0.1, 0.15) is 6.04 Å². The maximum Gasteiger partial charge on any atom is 0.243 e. The Kier molecular flexibility index (Phi) is 23.3. The van der Waals surface area contributed by atoms with Crippen molar-refractivity contribution in [3.8, 4) is 0 Å². The molecule has 0 saturated heterocycles. The van der Waals surface area contributed by atoms with Crippen molar-refractivity contribution in [3.63, 3.8) is 0 Å². The van der Waals surface area contributed by atoms with Crippen LogP contribution in [-0.2, 0) is 19.2 Å². The predicted octanol–water partition coefficient (Wildman–Crippen LogP) is 6.07. The lowest BCUT2D eigenvalue weighted by Gasteiger charge is -2.24. The summed E-state index contributed by atoms with van der Waals surface area (Å²) in [5.74, 6) is 0.746. The highest BCUT2D eigenvalue weighted by atomic mass is 16.2. The number of carbonyl (C=O) groups excluding carboxylic acids is 4. The van der Waals surface area contributed by atoms with E-state index < -0.39 is 12.1 Å². The highest BCUT2D eigenvalue weighted by Crippen LogP contribution is 2.12. The molecule has 0 saturated carbocycles. The molecule has 8 heteroatoms. The van der Waals surface area contributed by atoms with E-state index in [-0.39, 0.29) is 29.4 Å². The van der Waals surface area contributed by atoms with Crippen LogP contribution < -0.4 is 21.3 Å². The van der Waals surface area contributed by atoms with E-state index in [2.05, 4.69) is 62.8 Å². The van der Waals surface area contributed by atoms with E-state index in [1.165, 1.54) is 0 Å². The Bertz CT molecular complexity index is 752. The Labute approximate surface area is 258 Å². The third-order valence-electron chi connectivity index (χ3n) is 7.47. The van der Waals surface area contributed by atoms with E-state index in [0.29, 0.717) is 56.5 Å². The molecule has 42 heavy (non-hydrogen) atoms. The van der Waals surface area contributed by atoms with Gasteiger partial charge in [-0.05, 0) is 69.7 Å². The van der Waals surface area contributed by atoms with E-state index in [4.69, 9.17) is 0 Å². The molecule has 2 unspecified atom stereocenters. The topological polar surface area (TPSA) is 116 Å². The molecular weight excluding hydrogens is 528 g/mol. The summed E-state index contributed by atoms with van der Waals surface area (Å²) in [6.07, 6.45) is 11.1. The predicted molar refractivity (Wildman–Crippen MR) is 174 cm³/mol. The van der Waals surface area contributed by atoms with E-state index in [9.17, 15) is 19.2 Å². The van der Waals surface area contributed by atoms with Crippen molar-refractivity contribution in [1.82, 2.24) is 21.3 Å². The molecule has 0 spiro atoms. The molecule has 0 aromatic rings. The van der Waals surface area contributed by atoms with E-state index in [1.54, 1.807) is 0 Å². The van der Waals surface area contributed by atoms with Crippen molar-refractivity contribution in [3.05, 3.63) is 0 Å². The maximum atomic E-state index is 13.4. The van der Waals surface area contributed by atoms with Crippen molar-refractivity contribution in [2.24, 2.45) is 17.8 Å². The molecule has 4 N–H and O–H groups in total. The van der Waals surface area contributed by atoms with Crippen LogP contribution in [0.25, 0.3) is 0 Å². The Balaban J connectivity index is 5.02. The van der Waals surface area contributed by atoms with Crippen LogP contribution in [0, 0.1) is 17.8 Å². The zero-order valence-electron chi connectivity index (χ0n) is 28.4. The van der Waals surface area contributed by atoms with Crippen LogP contribution in [0.4, 0.5) is 0 Å². The molecule has 0 rings (SSSR count). The minimum absolute atomic E-state index is 0.0232. The number of Topliss-reactive ketones (excluding diaryl/α,β-unsaturated/α-hetero) is 1. The lowest BCUT2D eigenvalue weighted by molar-refractivity contribution is -0.132. The van der Waals surface area contributed by atoms with Crippen molar-refractivity contribution in [1.29, 1.82) is 0 Å². The molecule has 0 bridgehead atoms. The van der Waals surface area contributed by atoms with Crippen LogP contribution in [0.5, 0.6) is 0 Å². The molecule has 8 nitrogen and oxygen atoms in total. The molecule has 0 radical (unpaired) electrons. The summed E-state index contributed by atoms with van der Waals surface area (Å²) < 4.78 is 0. The van der Waals surface area contributed by atoms with Gasteiger partial charge < -0.3 is 21.3 Å². The van der Waals surface area contributed by atoms with Crippen LogP contribution in [-0.4, -0.2) is 54.7 Å². The molecule has 0 aliphatic carbocycles. The fraction of sp³-hybridized carbons (Fsp3) is 0.882. The van der Waals surface area contributed by atoms with E-state index in [1.807, 2.05) is 13.8 Å². The van der Waals surface area contributed by atoms with Crippen LogP contribution in [0.3, 0.4) is 0 Å². The first kappa shape index (κ1) is 40.0. The molecule has 0 aromatic carbocycles. The van der Waals surface area contributed by atoms with Crippen molar-refractivity contribution >= 4 is 23.5 Å². The monoisotopic (exact) mass is 595 g/mol. The summed E-state index contributed by atoms with van der Waals surface area (Å²) in [7, 11) is 0. The second-order valence-electron chi connectivity index (χ2n) is 13.5. The van der Waals surface area contributed by atoms with Crippen molar-refractivity contribution < 1.29 is 19.2 Å². The van der Waals surface area contributed by atoms with Crippen LogP contribution in [0.2, 0.25) is 0 Å². The maximum absolute atomic E-state index is 13.4. The minimum atomic E-state index is -0.695. The average Bonchev–Trinajstić information content (AvgIpc) is 2.90. The Morgan fingerprint density at radius 3 is 1.55 bits per heavy atom. The average molecular weight is 595 g/mol. The normalized spacial score (nSPS) is 13.0. The summed E-state index contributed by atoms with van der Waals surface area (Å²) in [6, 6.07) is -0.841. The van der Waals surface area contributed by atoms with Gasteiger partial charge >= 0.3 is 0 Å². The first-order chi connectivity index (χ1) is 19.8. The number of amides is 3. The van der Waals surface area contributed by atoms with Crippen molar-refractivity contribution in [2.45, 2.75) is 163 Å². The highest BCUT2D eigenvalue weighted by Gasteiger charge is 2.27. The molecule has 0 aliphatic rings. The standard InChI is InChI=1S/C34H66N4O4/c1-25(2)17-9-11-21-31(39)36-24-16-14-20-30(37-32(40)22-12-10-18-26(3)4)34(42)38-29(33(41)27(5)6)19-13-15-23-35-28(7)8/h25-30,35H,9-24H2,1-8H3,(H,36,39)(H,37,40)(H,38,42). The molecule has 0 aromatic heterocycles. The SMILES string of the molecule is CC(C)CCCCC(=O)NCCCCC(NC(=O)CCCCC(C)C)C(=O)NC(CCCCNC(C)C)C(=O)C(C)C. The molecular formula is C34H66N4O4. The van der Waals surface area contributed by atoms with Crippen LogP contribution >= 0.6 is 0 Å². The van der Waals surface area contributed by atoms with Gasteiger partial charge in [0.05, 0.1) is 6.04 Å². The first-order valence-electron chi connectivity index (χ1n) is 17.0. The van der Waals surface area contributed by atoms with Gasteiger partial charge in [-0.1, -0.05) is 81.1 Å². The molecule has 246 valence electrons. The van der Waals surface area contributed by atoms with E-state index in [0.717, 1.165) is 64.3 Å².